The Morgan fingerprint density at radius 1 is 0.923 bits per heavy atom. The van der Waals surface area contributed by atoms with Gasteiger partial charge in [-0.05, 0) is 110 Å². The number of nitrogens with one attached hydrogen (secondary N) is 1. The van der Waals surface area contributed by atoms with E-state index in [9.17, 15) is 8.42 Å². The zero-order valence-corrected chi connectivity index (χ0v) is 26.3. The van der Waals surface area contributed by atoms with Crippen molar-refractivity contribution in [2.75, 3.05) is 0 Å². The first kappa shape index (κ1) is 29.1. The molecule has 0 radical (unpaired) electrons. The van der Waals surface area contributed by atoms with Gasteiger partial charge in [-0.1, -0.05) is 84.4 Å². The molecule has 5 heteroatoms. The molecule has 0 amide bonds. The van der Waals surface area contributed by atoms with Crippen LogP contribution >= 0.6 is 0 Å². The van der Waals surface area contributed by atoms with Crippen LogP contribution in [0.25, 0.3) is 0 Å². The minimum absolute atomic E-state index is 0.229. The molecule has 4 saturated carbocycles. The van der Waals surface area contributed by atoms with Gasteiger partial charge in [0.15, 0.2) is 0 Å². The summed E-state index contributed by atoms with van der Waals surface area (Å²) in [6.45, 7) is 14.2. The van der Waals surface area contributed by atoms with Gasteiger partial charge in [0.05, 0.1) is 4.90 Å². The van der Waals surface area contributed by atoms with Gasteiger partial charge in [0.25, 0.3) is 10.0 Å². The van der Waals surface area contributed by atoms with Gasteiger partial charge in [0.2, 0.25) is 0 Å². The fourth-order valence-corrected chi connectivity index (χ4v) is 10.8. The van der Waals surface area contributed by atoms with Crippen molar-refractivity contribution in [1.82, 2.24) is 4.83 Å². The first-order valence-electron chi connectivity index (χ1n) is 16.1. The van der Waals surface area contributed by atoms with Gasteiger partial charge in [-0.3, -0.25) is 0 Å². The topological polar surface area (TPSA) is 58.5 Å². The average molecular weight is 555 g/mol. The van der Waals surface area contributed by atoms with Crippen LogP contribution in [0, 0.1) is 59.2 Å². The average Bonchev–Trinajstić information content (AvgIpc) is 3.19. The first-order chi connectivity index (χ1) is 18.4. The van der Waals surface area contributed by atoms with Crippen molar-refractivity contribution in [3.05, 3.63) is 29.8 Å². The Balaban J connectivity index is 1.43. The lowest BCUT2D eigenvalue weighted by Gasteiger charge is -2.60. The summed E-state index contributed by atoms with van der Waals surface area (Å²) in [5.74, 6) is 4.71. The normalized spacial score (nSPS) is 38.2. The second kappa shape index (κ2) is 11.1. The van der Waals surface area contributed by atoms with Crippen LogP contribution in [-0.4, -0.2) is 14.1 Å². The molecular formula is C34H54N2O2S. The Bertz CT molecular complexity index is 1140. The predicted octanol–water partition coefficient (Wildman–Crippen LogP) is 8.75. The highest BCUT2D eigenvalue weighted by Gasteiger charge is 2.61. The van der Waals surface area contributed by atoms with Crippen LogP contribution in [0.1, 0.15) is 117 Å². The number of hydrogen-bond acceptors (Lipinski definition) is 3. The molecule has 0 bridgehead atoms. The van der Waals surface area contributed by atoms with Crippen molar-refractivity contribution in [2.45, 2.75) is 123 Å². The Kier molecular flexibility index (Phi) is 8.32. The number of fused-ring (bicyclic) bond motifs is 5. The molecule has 218 valence electrons. The minimum Gasteiger partial charge on any atom is -0.200 e. The van der Waals surface area contributed by atoms with E-state index in [0.717, 1.165) is 41.4 Å². The van der Waals surface area contributed by atoms with E-state index in [1.165, 1.54) is 70.6 Å². The molecule has 1 N–H and O–H groups in total. The van der Waals surface area contributed by atoms with Crippen molar-refractivity contribution in [3.8, 4) is 0 Å². The van der Waals surface area contributed by atoms with Gasteiger partial charge in [-0.25, -0.2) is 4.83 Å². The van der Waals surface area contributed by atoms with Gasteiger partial charge in [0.1, 0.15) is 0 Å². The fraction of sp³-hybridized carbons (Fsp3) is 0.794. The molecule has 1 aromatic carbocycles. The monoisotopic (exact) mass is 554 g/mol. The molecule has 0 aromatic heterocycles. The SMILES string of the molecule is Cc1ccc(S(=O)(=O)N/N=C2\C[C@@]3(C)[C@H](CC[C@H]4[C@@H]5CCCC[C@@]5(C)CC[C@@H]43)[C@H]2[C@H](C)CCCC(C)C)cc1. The van der Waals surface area contributed by atoms with Crippen LogP contribution < -0.4 is 4.83 Å². The zero-order valence-electron chi connectivity index (χ0n) is 25.5. The number of nitrogens with zero attached hydrogens (tertiary/aromatic N) is 1. The third kappa shape index (κ3) is 5.60. The second-order valence-corrected chi connectivity index (χ2v) is 16.7. The van der Waals surface area contributed by atoms with Crippen LogP contribution in [0.2, 0.25) is 0 Å². The van der Waals surface area contributed by atoms with Crippen LogP contribution in [0.3, 0.4) is 0 Å². The third-order valence-corrected chi connectivity index (χ3v) is 13.3. The highest BCUT2D eigenvalue weighted by atomic mass is 32.2. The number of hydrazone groups is 1. The maximum absolute atomic E-state index is 13.2. The maximum atomic E-state index is 13.2. The maximum Gasteiger partial charge on any atom is 0.276 e. The van der Waals surface area contributed by atoms with Gasteiger partial charge < -0.3 is 0 Å². The van der Waals surface area contributed by atoms with E-state index in [1.807, 2.05) is 19.1 Å². The quantitative estimate of drug-likeness (QED) is 0.327. The van der Waals surface area contributed by atoms with Crippen LogP contribution in [0.4, 0.5) is 0 Å². The number of benzene rings is 1. The Labute approximate surface area is 239 Å². The molecule has 0 aliphatic heterocycles. The molecule has 4 aliphatic rings. The Morgan fingerprint density at radius 2 is 1.67 bits per heavy atom. The van der Waals surface area contributed by atoms with E-state index < -0.39 is 10.0 Å². The molecule has 39 heavy (non-hydrogen) atoms. The summed E-state index contributed by atoms with van der Waals surface area (Å²) in [6.07, 6.45) is 15.7. The lowest BCUT2D eigenvalue weighted by atomic mass is 9.45. The van der Waals surface area contributed by atoms with Gasteiger partial charge in [-0.15, -0.1) is 0 Å². The molecule has 4 fully saturated rings. The van der Waals surface area contributed by atoms with E-state index in [2.05, 4.69) is 39.4 Å². The summed E-state index contributed by atoms with van der Waals surface area (Å²) < 4.78 is 26.4. The van der Waals surface area contributed by atoms with E-state index in [0.29, 0.717) is 28.1 Å². The molecule has 1 aromatic rings. The molecule has 0 spiro atoms. The molecule has 4 nitrogen and oxygen atoms in total. The summed E-state index contributed by atoms with van der Waals surface area (Å²) in [7, 11) is -3.68. The molecule has 5 rings (SSSR count). The van der Waals surface area contributed by atoms with E-state index in [-0.39, 0.29) is 5.41 Å². The summed E-state index contributed by atoms with van der Waals surface area (Å²) in [5, 5.41) is 4.82. The largest absolute Gasteiger partial charge is 0.276 e. The van der Waals surface area contributed by atoms with E-state index in [4.69, 9.17) is 5.10 Å². The fourth-order valence-electron chi connectivity index (χ4n) is 9.99. The summed E-state index contributed by atoms with van der Waals surface area (Å²) in [5.41, 5.74) is 2.96. The minimum atomic E-state index is -3.68. The molecule has 4 aliphatic carbocycles. The molecular weight excluding hydrogens is 500 g/mol. The first-order valence-corrected chi connectivity index (χ1v) is 17.6. The molecule has 8 atom stereocenters. The Hall–Kier alpha value is -1.36. The molecule has 0 saturated heterocycles. The van der Waals surface area contributed by atoms with Crippen molar-refractivity contribution in [1.29, 1.82) is 0 Å². The smallest absolute Gasteiger partial charge is 0.200 e. The summed E-state index contributed by atoms with van der Waals surface area (Å²) >= 11 is 0. The van der Waals surface area contributed by atoms with Gasteiger partial charge >= 0.3 is 0 Å². The van der Waals surface area contributed by atoms with Gasteiger partial charge in [0, 0.05) is 11.6 Å². The Morgan fingerprint density at radius 3 is 2.38 bits per heavy atom. The summed E-state index contributed by atoms with van der Waals surface area (Å²) in [6, 6.07) is 7.09. The van der Waals surface area contributed by atoms with Crippen molar-refractivity contribution in [3.63, 3.8) is 0 Å². The third-order valence-electron chi connectivity index (χ3n) is 12.0. The number of aryl methyl sites for hydroxylation is 1. The van der Waals surface area contributed by atoms with Crippen molar-refractivity contribution >= 4 is 15.7 Å². The van der Waals surface area contributed by atoms with Crippen molar-refractivity contribution < 1.29 is 8.42 Å². The number of rotatable bonds is 8. The van der Waals surface area contributed by atoms with E-state index >= 15 is 0 Å². The lowest BCUT2D eigenvalue weighted by Crippen LogP contribution is -2.52. The highest BCUT2D eigenvalue weighted by Crippen LogP contribution is 2.67. The van der Waals surface area contributed by atoms with Crippen LogP contribution in [-0.2, 0) is 10.0 Å². The standard InChI is InChI=1S/C34H54N2O2S/c1-23(2)10-9-11-25(4)32-30-18-17-27-28-12-7-8-20-33(28,5)21-19-29(27)34(30,6)22-31(32)35-36-39(37,38)26-15-13-24(3)14-16-26/h13-16,23,25,27-30,32,36H,7-12,17-22H2,1-6H3/b35-31+/t25-,27+,28+,29+,30-,32-,33+,34-/m1/s1. The molecule has 0 unspecified atom stereocenters. The van der Waals surface area contributed by atoms with Crippen molar-refractivity contribution in [2.24, 2.45) is 57.4 Å². The zero-order chi connectivity index (χ0) is 28.0. The van der Waals surface area contributed by atoms with Crippen LogP contribution in [0.15, 0.2) is 34.3 Å². The number of sulfonamides is 1. The number of hydrogen-bond donors (Lipinski definition) is 1. The highest BCUT2D eigenvalue weighted by molar-refractivity contribution is 7.89. The molecule has 0 heterocycles. The lowest BCUT2D eigenvalue weighted by molar-refractivity contribution is -0.108. The summed E-state index contributed by atoms with van der Waals surface area (Å²) in [4.78, 5) is 3.00. The predicted molar refractivity (Wildman–Crippen MR) is 162 cm³/mol. The van der Waals surface area contributed by atoms with E-state index in [1.54, 1.807) is 12.1 Å². The van der Waals surface area contributed by atoms with Gasteiger partial charge in [-0.2, -0.15) is 13.5 Å². The van der Waals surface area contributed by atoms with Crippen LogP contribution in [0.5, 0.6) is 0 Å². The second-order valence-electron chi connectivity index (χ2n) is 15.0.